The Morgan fingerprint density at radius 3 is 2.37 bits per heavy atom. The van der Waals surface area contributed by atoms with Gasteiger partial charge in [0.15, 0.2) is 0 Å². The Morgan fingerprint density at radius 1 is 1.26 bits per heavy atom. The molecule has 2 aromatic rings. The minimum absolute atomic E-state index is 0.0626. The smallest absolute Gasteiger partial charge is 0.353 e. The van der Waals surface area contributed by atoms with Gasteiger partial charge < -0.3 is 5.11 Å². The number of aromatic nitrogens is 1. The van der Waals surface area contributed by atoms with Crippen LogP contribution in [-0.2, 0) is 10.0 Å². The van der Waals surface area contributed by atoms with Crippen molar-refractivity contribution in [3.05, 3.63) is 51.4 Å². The molecule has 0 spiro atoms. The molecule has 1 aromatic heterocycles. The van der Waals surface area contributed by atoms with Crippen LogP contribution < -0.4 is 0 Å². The van der Waals surface area contributed by atoms with Crippen LogP contribution in [0.1, 0.15) is 16.1 Å². The molecule has 7 heteroatoms. The van der Waals surface area contributed by atoms with E-state index in [-0.39, 0.29) is 10.6 Å². The maximum Gasteiger partial charge on any atom is 0.353 e. The molecule has 0 unspecified atom stereocenters. The molecule has 19 heavy (non-hydrogen) atoms. The van der Waals surface area contributed by atoms with Crippen molar-refractivity contribution in [1.29, 1.82) is 0 Å². The van der Waals surface area contributed by atoms with Gasteiger partial charge in [-0.15, -0.1) is 0 Å². The SMILES string of the molecule is Cc1ccc(S(=O)(=O)n2cc(I)cc2C(=O)O)cc1. The van der Waals surface area contributed by atoms with E-state index >= 15 is 0 Å². The van der Waals surface area contributed by atoms with Crippen molar-refractivity contribution in [2.24, 2.45) is 0 Å². The van der Waals surface area contributed by atoms with E-state index in [0.717, 1.165) is 9.54 Å². The summed E-state index contributed by atoms with van der Waals surface area (Å²) in [5.74, 6) is -1.28. The topological polar surface area (TPSA) is 76.4 Å². The first-order chi connectivity index (χ1) is 8.82. The first-order valence-electron chi connectivity index (χ1n) is 5.26. The molecule has 0 aliphatic rings. The van der Waals surface area contributed by atoms with Crippen molar-refractivity contribution < 1.29 is 18.3 Å². The molecule has 0 fully saturated rings. The normalized spacial score (nSPS) is 11.5. The summed E-state index contributed by atoms with van der Waals surface area (Å²) in [6.45, 7) is 1.84. The first kappa shape index (κ1) is 14.1. The number of carboxylic acid groups (broad SMARTS) is 1. The van der Waals surface area contributed by atoms with E-state index in [1.807, 2.05) is 29.5 Å². The van der Waals surface area contributed by atoms with Gasteiger partial charge in [0.1, 0.15) is 5.69 Å². The summed E-state index contributed by atoms with van der Waals surface area (Å²) in [5.41, 5.74) is 0.657. The summed E-state index contributed by atoms with van der Waals surface area (Å²) in [7, 11) is -3.88. The Hall–Kier alpha value is -1.35. The van der Waals surface area contributed by atoms with Gasteiger partial charge in [-0.2, -0.15) is 0 Å². The van der Waals surface area contributed by atoms with Crippen LogP contribution in [0.15, 0.2) is 41.4 Å². The van der Waals surface area contributed by atoms with Gasteiger partial charge in [-0.25, -0.2) is 17.2 Å². The highest BCUT2D eigenvalue weighted by Gasteiger charge is 2.23. The molecule has 2 rings (SSSR count). The van der Waals surface area contributed by atoms with Crippen molar-refractivity contribution in [2.45, 2.75) is 11.8 Å². The van der Waals surface area contributed by atoms with Crippen LogP contribution in [0, 0.1) is 10.5 Å². The van der Waals surface area contributed by atoms with Gasteiger partial charge in [-0.3, -0.25) is 0 Å². The minimum atomic E-state index is -3.88. The molecule has 0 saturated heterocycles. The zero-order chi connectivity index (χ0) is 14.2. The van der Waals surface area contributed by atoms with E-state index < -0.39 is 16.0 Å². The Morgan fingerprint density at radius 2 is 1.84 bits per heavy atom. The first-order valence-corrected chi connectivity index (χ1v) is 7.77. The van der Waals surface area contributed by atoms with Gasteiger partial charge in [0, 0.05) is 9.77 Å². The summed E-state index contributed by atoms with van der Waals surface area (Å²) in [6.07, 6.45) is 1.29. The van der Waals surface area contributed by atoms with Gasteiger partial charge in [-0.05, 0) is 47.7 Å². The summed E-state index contributed by atoms with van der Waals surface area (Å²) in [6, 6.07) is 7.57. The maximum atomic E-state index is 12.4. The van der Waals surface area contributed by atoms with Gasteiger partial charge in [0.2, 0.25) is 0 Å². The van der Waals surface area contributed by atoms with Crippen LogP contribution in [0.3, 0.4) is 0 Å². The highest BCUT2D eigenvalue weighted by atomic mass is 127. The van der Waals surface area contributed by atoms with Crippen LogP contribution in [0.5, 0.6) is 0 Å². The number of rotatable bonds is 3. The van der Waals surface area contributed by atoms with Gasteiger partial charge in [-0.1, -0.05) is 17.7 Å². The second-order valence-corrected chi connectivity index (χ2v) is 7.02. The van der Waals surface area contributed by atoms with Crippen molar-refractivity contribution in [3.8, 4) is 0 Å². The Kier molecular flexibility index (Phi) is 3.68. The largest absolute Gasteiger partial charge is 0.477 e. The molecular weight excluding hydrogens is 381 g/mol. The monoisotopic (exact) mass is 391 g/mol. The molecule has 0 atom stereocenters. The van der Waals surface area contributed by atoms with Gasteiger partial charge >= 0.3 is 5.97 Å². The van der Waals surface area contributed by atoms with E-state index in [9.17, 15) is 13.2 Å². The molecule has 1 aromatic carbocycles. The third kappa shape index (κ3) is 2.66. The second kappa shape index (κ2) is 4.97. The lowest BCUT2D eigenvalue weighted by Crippen LogP contribution is -2.17. The van der Waals surface area contributed by atoms with Crippen LogP contribution >= 0.6 is 22.6 Å². The molecule has 0 bridgehead atoms. The Balaban J connectivity index is 2.63. The van der Waals surface area contributed by atoms with E-state index in [4.69, 9.17) is 5.11 Å². The number of carbonyl (C=O) groups is 1. The van der Waals surface area contributed by atoms with Gasteiger partial charge in [0.05, 0.1) is 4.90 Å². The lowest BCUT2D eigenvalue weighted by atomic mass is 10.2. The van der Waals surface area contributed by atoms with Crippen molar-refractivity contribution in [3.63, 3.8) is 0 Å². The lowest BCUT2D eigenvalue weighted by Gasteiger charge is -2.08. The summed E-state index contributed by atoms with van der Waals surface area (Å²) in [4.78, 5) is 11.1. The number of aryl methyl sites for hydroxylation is 1. The molecule has 0 aliphatic carbocycles. The molecule has 0 aliphatic heterocycles. The standard InChI is InChI=1S/C12H10INO4S/c1-8-2-4-10(5-3-8)19(17,18)14-7-9(13)6-11(14)12(15)16/h2-7H,1H3,(H,15,16). The third-order valence-electron chi connectivity index (χ3n) is 2.55. The fraction of sp³-hybridized carbons (Fsp3) is 0.0833. The molecule has 1 heterocycles. The van der Waals surface area contributed by atoms with Crippen molar-refractivity contribution in [2.75, 3.05) is 0 Å². The van der Waals surface area contributed by atoms with Crippen LogP contribution in [-0.4, -0.2) is 23.5 Å². The highest BCUT2D eigenvalue weighted by Crippen LogP contribution is 2.20. The Labute approximate surface area is 124 Å². The minimum Gasteiger partial charge on any atom is -0.477 e. The average molecular weight is 391 g/mol. The number of carboxylic acids is 1. The predicted molar refractivity (Wildman–Crippen MR) is 77.9 cm³/mol. The van der Waals surface area contributed by atoms with E-state index in [1.54, 1.807) is 12.1 Å². The molecule has 100 valence electrons. The zero-order valence-electron chi connectivity index (χ0n) is 9.87. The highest BCUT2D eigenvalue weighted by molar-refractivity contribution is 14.1. The van der Waals surface area contributed by atoms with Gasteiger partial charge in [0.25, 0.3) is 10.0 Å². The van der Waals surface area contributed by atoms with Crippen LogP contribution in [0.25, 0.3) is 0 Å². The van der Waals surface area contributed by atoms with E-state index in [2.05, 4.69) is 0 Å². The summed E-state index contributed by atoms with van der Waals surface area (Å²) < 4.78 is 26.1. The number of hydrogen-bond acceptors (Lipinski definition) is 3. The molecule has 0 radical (unpaired) electrons. The van der Waals surface area contributed by atoms with E-state index in [0.29, 0.717) is 3.57 Å². The Bertz CT molecular complexity index is 732. The summed E-state index contributed by atoms with van der Waals surface area (Å²) in [5, 5.41) is 9.04. The lowest BCUT2D eigenvalue weighted by molar-refractivity contribution is 0.0689. The third-order valence-corrected chi connectivity index (χ3v) is 4.83. The van der Waals surface area contributed by atoms with Crippen LogP contribution in [0.2, 0.25) is 0 Å². The zero-order valence-corrected chi connectivity index (χ0v) is 12.8. The molecular formula is C12H10INO4S. The van der Waals surface area contributed by atoms with E-state index in [1.165, 1.54) is 24.4 Å². The fourth-order valence-corrected chi connectivity index (χ4v) is 3.70. The average Bonchev–Trinajstić information content (AvgIpc) is 2.73. The number of hydrogen-bond donors (Lipinski definition) is 1. The number of benzene rings is 1. The predicted octanol–water partition coefficient (Wildman–Crippen LogP) is 2.34. The second-order valence-electron chi connectivity index (χ2n) is 3.96. The molecule has 1 N–H and O–H groups in total. The summed E-state index contributed by atoms with van der Waals surface area (Å²) >= 11 is 1.88. The van der Waals surface area contributed by atoms with Crippen molar-refractivity contribution in [1.82, 2.24) is 3.97 Å². The molecule has 0 saturated carbocycles. The molecule has 5 nitrogen and oxygen atoms in total. The number of nitrogens with zero attached hydrogens (tertiary/aromatic N) is 1. The van der Waals surface area contributed by atoms with Crippen LogP contribution in [0.4, 0.5) is 0 Å². The number of halogens is 1. The molecule has 0 amide bonds. The van der Waals surface area contributed by atoms with Crippen molar-refractivity contribution >= 4 is 38.6 Å². The maximum absolute atomic E-state index is 12.4. The number of aromatic carboxylic acids is 1. The fourth-order valence-electron chi connectivity index (χ4n) is 1.59. The quantitative estimate of drug-likeness (QED) is 0.816.